The van der Waals surface area contributed by atoms with Gasteiger partial charge in [-0.25, -0.2) is 0 Å². The molecule has 3 rings (SSSR count). The van der Waals surface area contributed by atoms with E-state index in [-0.39, 0.29) is 10.7 Å². The molecule has 1 fully saturated rings. The van der Waals surface area contributed by atoms with E-state index in [0.717, 1.165) is 38.9 Å². The number of rotatable bonds is 2. The summed E-state index contributed by atoms with van der Waals surface area (Å²) >= 11 is 1.74. The monoisotopic (exact) mass is 304 g/mol. The number of nitrogens with zero attached hydrogens (tertiary/aromatic N) is 1. The van der Waals surface area contributed by atoms with E-state index in [0.29, 0.717) is 5.91 Å². The molecule has 0 spiro atoms. The molecule has 0 radical (unpaired) electrons. The lowest BCUT2D eigenvalue weighted by Gasteiger charge is -2.39. The Hall–Kier alpha value is -1.00. The first-order valence-electron chi connectivity index (χ1n) is 7.76. The number of fused-ring (bicyclic) bond motifs is 1. The van der Waals surface area contributed by atoms with Crippen LogP contribution in [0.3, 0.4) is 0 Å². The van der Waals surface area contributed by atoms with Crippen molar-refractivity contribution in [1.29, 1.82) is 0 Å². The molecular formula is C17H24N2OS. The van der Waals surface area contributed by atoms with Crippen molar-refractivity contribution in [3.63, 3.8) is 0 Å². The second-order valence-electron chi connectivity index (χ2n) is 6.76. The van der Waals surface area contributed by atoms with Crippen LogP contribution in [-0.4, -0.2) is 35.7 Å². The molecule has 2 heterocycles. The van der Waals surface area contributed by atoms with Crippen molar-refractivity contribution in [1.82, 2.24) is 4.90 Å². The summed E-state index contributed by atoms with van der Waals surface area (Å²) in [6, 6.07) is 6.52. The molecule has 1 aromatic carbocycles. The van der Waals surface area contributed by atoms with Crippen molar-refractivity contribution in [2.75, 3.05) is 19.6 Å². The lowest BCUT2D eigenvalue weighted by molar-refractivity contribution is -0.132. The van der Waals surface area contributed by atoms with Crippen molar-refractivity contribution in [2.45, 2.75) is 43.3 Å². The highest BCUT2D eigenvalue weighted by Gasteiger charge is 2.35. The van der Waals surface area contributed by atoms with Gasteiger partial charge in [0.15, 0.2) is 0 Å². The second-order valence-corrected chi connectivity index (χ2v) is 8.01. The fourth-order valence-electron chi connectivity index (χ4n) is 3.15. The second kappa shape index (κ2) is 5.65. The highest BCUT2D eigenvalue weighted by Crippen LogP contribution is 2.39. The number of aryl methyl sites for hydroxylation is 1. The van der Waals surface area contributed by atoms with E-state index in [9.17, 15) is 4.79 Å². The molecular weight excluding hydrogens is 280 g/mol. The smallest absolute Gasteiger partial charge is 0.236 e. The largest absolute Gasteiger partial charge is 0.342 e. The third kappa shape index (κ3) is 2.97. The lowest BCUT2D eigenvalue weighted by Crippen LogP contribution is -2.47. The zero-order valence-electron chi connectivity index (χ0n) is 12.9. The minimum Gasteiger partial charge on any atom is -0.342 e. The SMILES string of the molecule is Cc1ccc2c(c1)SC(C(=O)N1CCC(C)(CN)CC1)C2. The van der Waals surface area contributed by atoms with E-state index >= 15 is 0 Å². The number of nitrogens with two attached hydrogens (primary N) is 1. The minimum absolute atomic E-state index is 0.0732. The molecule has 2 N–H and O–H groups in total. The predicted molar refractivity (Wildman–Crippen MR) is 87.5 cm³/mol. The number of carbonyl (C=O) groups excluding carboxylic acids is 1. The van der Waals surface area contributed by atoms with Crippen LogP contribution in [0.4, 0.5) is 0 Å². The van der Waals surface area contributed by atoms with Gasteiger partial charge in [-0.3, -0.25) is 4.79 Å². The Labute approximate surface area is 131 Å². The van der Waals surface area contributed by atoms with Crippen molar-refractivity contribution >= 4 is 17.7 Å². The van der Waals surface area contributed by atoms with Crippen LogP contribution in [0.15, 0.2) is 23.1 Å². The number of carbonyl (C=O) groups is 1. The Balaban J connectivity index is 1.63. The maximum Gasteiger partial charge on any atom is 0.236 e. The lowest BCUT2D eigenvalue weighted by atomic mass is 9.80. The molecule has 1 atom stereocenters. The number of hydrogen-bond acceptors (Lipinski definition) is 3. The summed E-state index contributed by atoms with van der Waals surface area (Å²) in [5.74, 6) is 0.313. The molecule has 0 bridgehead atoms. The van der Waals surface area contributed by atoms with Crippen molar-refractivity contribution in [2.24, 2.45) is 11.1 Å². The molecule has 4 heteroatoms. The summed E-state index contributed by atoms with van der Waals surface area (Å²) in [6.45, 7) is 6.78. The molecule has 2 aliphatic heterocycles. The van der Waals surface area contributed by atoms with Gasteiger partial charge in [-0.15, -0.1) is 11.8 Å². The van der Waals surface area contributed by atoms with Gasteiger partial charge >= 0.3 is 0 Å². The molecule has 0 aliphatic carbocycles. The summed E-state index contributed by atoms with van der Waals surface area (Å²) in [5, 5.41) is 0.0732. The number of hydrogen-bond donors (Lipinski definition) is 1. The van der Waals surface area contributed by atoms with Gasteiger partial charge in [0.25, 0.3) is 0 Å². The highest BCUT2D eigenvalue weighted by atomic mass is 32.2. The van der Waals surface area contributed by atoms with Crippen LogP contribution in [0.1, 0.15) is 30.9 Å². The summed E-state index contributed by atoms with van der Waals surface area (Å²) < 4.78 is 0. The average Bonchev–Trinajstić information content (AvgIpc) is 2.90. The summed E-state index contributed by atoms with van der Waals surface area (Å²) in [7, 11) is 0. The summed E-state index contributed by atoms with van der Waals surface area (Å²) in [5.41, 5.74) is 8.66. The molecule has 1 saturated heterocycles. The molecule has 0 saturated carbocycles. The van der Waals surface area contributed by atoms with E-state index in [4.69, 9.17) is 5.73 Å². The quantitative estimate of drug-likeness (QED) is 0.913. The third-order valence-corrected chi connectivity index (χ3v) is 6.23. The van der Waals surface area contributed by atoms with Gasteiger partial charge in [-0.05, 0) is 49.8 Å². The van der Waals surface area contributed by atoms with Gasteiger partial charge in [0.1, 0.15) is 0 Å². The van der Waals surface area contributed by atoms with E-state index in [1.165, 1.54) is 16.0 Å². The van der Waals surface area contributed by atoms with Gasteiger partial charge in [0.2, 0.25) is 5.91 Å². The number of amides is 1. The first-order chi connectivity index (χ1) is 10.0. The zero-order valence-corrected chi connectivity index (χ0v) is 13.7. The Morgan fingerprint density at radius 3 is 2.81 bits per heavy atom. The molecule has 1 unspecified atom stereocenters. The van der Waals surface area contributed by atoms with Crippen LogP contribution in [-0.2, 0) is 11.2 Å². The molecule has 2 aliphatic rings. The predicted octanol–water partition coefficient (Wildman–Crippen LogP) is 2.60. The molecule has 0 aromatic heterocycles. The molecule has 114 valence electrons. The van der Waals surface area contributed by atoms with E-state index in [1.54, 1.807) is 11.8 Å². The Morgan fingerprint density at radius 2 is 2.14 bits per heavy atom. The molecule has 1 aromatic rings. The van der Waals surface area contributed by atoms with Gasteiger partial charge < -0.3 is 10.6 Å². The fourth-order valence-corrected chi connectivity index (χ4v) is 4.52. The Kier molecular flexibility index (Phi) is 4.02. The Bertz CT molecular complexity index is 550. The minimum atomic E-state index is 0.0732. The standard InChI is InChI=1S/C17H24N2OS/c1-12-3-4-13-10-15(21-14(13)9-12)16(20)19-7-5-17(2,11-18)6-8-19/h3-4,9,15H,5-8,10-11,18H2,1-2H3. The first kappa shape index (κ1) is 14.9. The van der Waals surface area contributed by atoms with Crippen LogP contribution in [0.2, 0.25) is 0 Å². The van der Waals surface area contributed by atoms with Gasteiger partial charge in [0.05, 0.1) is 5.25 Å². The van der Waals surface area contributed by atoms with E-state index < -0.39 is 0 Å². The van der Waals surface area contributed by atoms with Crippen LogP contribution < -0.4 is 5.73 Å². The maximum absolute atomic E-state index is 12.7. The van der Waals surface area contributed by atoms with Crippen LogP contribution in [0.25, 0.3) is 0 Å². The van der Waals surface area contributed by atoms with Crippen molar-refractivity contribution in [3.05, 3.63) is 29.3 Å². The van der Waals surface area contributed by atoms with Crippen molar-refractivity contribution < 1.29 is 4.79 Å². The molecule has 21 heavy (non-hydrogen) atoms. The molecule has 1 amide bonds. The van der Waals surface area contributed by atoms with Crippen LogP contribution in [0, 0.1) is 12.3 Å². The number of piperidine rings is 1. The Morgan fingerprint density at radius 1 is 1.43 bits per heavy atom. The fraction of sp³-hybridized carbons (Fsp3) is 0.588. The average molecular weight is 304 g/mol. The van der Waals surface area contributed by atoms with Crippen LogP contribution >= 0.6 is 11.8 Å². The summed E-state index contributed by atoms with van der Waals surface area (Å²) in [6.07, 6.45) is 2.93. The van der Waals surface area contributed by atoms with Gasteiger partial charge in [-0.1, -0.05) is 24.6 Å². The van der Waals surface area contributed by atoms with Gasteiger partial charge in [-0.2, -0.15) is 0 Å². The molecule has 3 nitrogen and oxygen atoms in total. The van der Waals surface area contributed by atoms with E-state index in [2.05, 4.69) is 32.0 Å². The van der Waals surface area contributed by atoms with Gasteiger partial charge in [0, 0.05) is 18.0 Å². The number of thioether (sulfide) groups is 1. The number of benzene rings is 1. The number of likely N-dealkylation sites (tertiary alicyclic amines) is 1. The van der Waals surface area contributed by atoms with Crippen LogP contribution in [0.5, 0.6) is 0 Å². The maximum atomic E-state index is 12.7. The zero-order chi connectivity index (χ0) is 15.0. The topological polar surface area (TPSA) is 46.3 Å². The summed E-state index contributed by atoms with van der Waals surface area (Å²) in [4.78, 5) is 16.1. The highest BCUT2D eigenvalue weighted by molar-refractivity contribution is 8.01. The first-order valence-corrected chi connectivity index (χ1v) is 8.64. The van der Waals surface area contributed by atoms with E-state index in [1.807, 2.05) is 4.90 Å². The third-order valence-electron chi connectivity index (χ3n) is 4.95. The normalized spacial score (nSPS) is 24.0. The van der Waals surface area contributed by atoms with Crippen molar-refractivity contribution in [3.8, 4) is 0 Å².